The predicted octanol–water partition coefficient (Wildman–Crippen LogP) is 0.945. The highest BCUT2D eigenvalue weighted by Crippen LogP contribution is 2.19. The van der Waals surface area contributed by atoms with E-state index >= 15 is 0 Å². The molecule has 1 aliphatic heterocycles. The van der Waals surface area contributed by atoms with Gasteiger partial charge in [-0.3, -0.25) is 0 Å². The monoisotopic (exact) mass is 224 g/mol. The van der Waals surface area contributed by atoms with Gasteiger partial charge in [-0.05, 0) is 25.9 Å². The van der Waals surface area contributed by atoms with Gasteiger partial charge in [0, 0.05) is 12.5 Å². The van der Waals surface area contributed by atoms with Gasteiger partial charge in [0.25, 0.3) is 0 Å². The van der Waals surface area contributed by atoms with Crippen molar-refractivity contribution in [1.82, 2.24) is 15.0 Å². The number of hydrogen-bond donors (Lipinski definition) is 1. The van der Waals surface area contributed by atoms with Crippen LogP contribution >= 0.6 is 0 Å². The van der Waals surface area contributed by atoms with Crippen molar-refractivity contribution in [3.05, 3.63) is 11.7 Å². The quantitative estimate of drug-likeness (QED) is 0.824. The highest BCUT2D eigenvalue weighted by molar-refractivity contribution is 4.90. The molecule has 1 saturated heterocycles. The Morgan fingerprint density at radius 1 is 1.50 bits per heavy atom. The number of piperidine rings is 1. The van der Waals surface area contributed by atoms with Crippen LogP contribution in [0, 0.1) is 0 Å². The normalized spacial score (nSPS) is 22.5. The topological polar surface area (TPSA) is 68.2 Å². The average molecular weight is 224 g/mol. The molecule has 0 saturated carbocycles. The van der Waals surface area contributed by atoms with E-state index in [4.69, 9.17) is 10.3 Å². The molecule has 1 aromatic heterocycles. The zero-order chi connectivity index (χ0) is 11.4. The van der Waals surface area contributed by atoms with E-state index in [-0.39, 0.29) is 0 Å². The smallest absolute Gasteiger partial charge is 0.228 e. The molecule has 0 spiro atoms. The highest BCUT2D eigenvalue weighted by atomic mass is 16.5. The fourth-order valence-corrected chi connectivity index (χ4v) is 2.37. The molecule has 5 heteroatoms. The van der Waals surface area contributed by atoms with Crippen molar-refractivity contribution >= 4 is 0 Å². The van der Waals surface area contributed by atoms with Crippen LogP contribution in [0.4, 0.5) is 0 Å². The van der Waals surface area contributed by atoms with Crippen LogP contribution in [-0.2, 0) is 13.0 Å². The molecule has 16 heavy (non-hydrogen) atoms. The summed E-state index contributed by atoms with van der Waals surface area (Å²) in [7, 11) is 0. The fraction of sp³-hybridized carbons (Fsp3) is 0.818. The molecule has 2 N–H and O–H groups in total. The van der Waals surface area contributed by atoms with Crippen molar-refractivity contribution in [2.75, 3.05) is 13.1 Å². The summed E-state index contributed by atoms with van der Waals surface area (Å²) >= 11 is 0. The van der Waals surface area contributed by atoms with Gasteiger partial charge < -0.3 is 15.2 Å². The molecule has 1 aliphatic rings. The van der Waals surface area contributed by atoms with E-state index in [9.17, 15) is 0 Å². The SMILES string of the molecule is CCN1CCCCC1Cc1nc(CN)no1. The lowest BCUT2D eigenvalue weighted by Crippen LogP contribution is -2.40. The van der Waals surface area contributed by atoms with E-state index in [1.165, 1.54) is 25.8 Å². The van der Waals surface area contributed by atoms with Crippen LogP contribution in [-0.4, -0.2) is 34.2 Å². The molecule has 2 rings (SSSR count). The van der Waals surface area contributed by atoms with Crippen LogP contribution < -0.4 is 5.73 Å². The van der Waals surface area contributed by atoms with Crippen molar-refractivity contribution < 1.29 is 4.52 Å². The molecule has 0 radical (unpaired) electrons. The summed E-state index contributed by atoms with van der Waals surface area (Å²) < 4.78 is 5.18. The number of nitrogens with two attached hydrogens (primary N) is 1. The van der Waals surface area contributed by atoms with Crippen LogP contribution in [0.25, 0.3) is 0 Å². The third kappa shape index (κ3) is 2.59. The molecular weight excluding hydrogens is 204 g/mol. The van der Waals surface area contributed by atoms with Gasteiger partial charge in [0.05, 0.1) is 6.54 Å². The first-order chi connectivity index (χ1) is 7.83. The molecule has 90 valence electrons. The zero-order valence-corrected chi connectivity index (χ0v) is 9.85. The van der Waals surface area contributed by atoms with Crippen LogP contribution in [0.3, 0.4) is 0 Å². The number of nitrogens with zero attached hydrogens (tertiary/aromatic N) is 3. The second-order valence-electron chi connectivity index (χ2n) is 4.29. The summed E-state index contributed by atoms with van der Waals surface area (Å²) in [5.74, 6) is 1.33. The molecule has 0 aromatic carbocycles. The first-order valence-electron chi connectivity index (χ1n) is 6.09. The minimum Gasteiger partial charge on any atom is -0.339 e. The van der Waals surface area contributed by atoms with E-state index in [1.54, 1.807) is 0 Å². The van der Waals surface area contributed by atoms with Gasteiger partial charge in [0.2, 0.25) is 5.89 Å². The van der Waals surface area contributed by atoms with Crippen molar-refractivity contribution in [3.8, 4) is 0 Å². The molecule has 0 aliphatic carbocycles. The minimum absolute atomic E-state index is 0.353. The van der Waals surface area contributed by atoms with Gasteiger partial charge >= 0.3 is 0 Å². The lowest BCUT2D eigenvalue weighted by molar-refractivity contribution is 0.146. The summed E-state index contributed by atoms with van der Waals surface area (Å²) in [6, 6.07) is 0.560. The fourth-order valence-electron chi connectivity index (χ4n) is 2.37. The molecule has 1 aromatic rings. The van der Waals surface area contributed by atoms with Crippen molar-refractivity contribution in [2.45, 2.75) is 45.2 Å². The second-order valence-corrected chi connectivity index (χ2v) is 4.29. The van der Waals surface area contributed by atoms with E-state index in [0.29, 0.717) is 18.4 Å². The van der Waals surface area contributed by atoms with Crippen LogP contribution in [0.15, 0.2) is 4.52 Å². The predicted molar refractivity (Wildman–Crippen MR) is 60.8 cm³/mol. The Morgan fingerprint density at radius 2 is 2.38 bits per heavy atom. The summed E-state index contributed by atoms with van der Waals surface area (Å²) in [5, 5.41) is 3.82. The molecule has 0 bridgehead atoms. The molecular formula is C11H20N4O. The number of rotatable bonds is 4. The summed E-state index contributed by atoms with van der Waals surface area (Å²) in [6.07, 6.45) is 4.70. The Morgan fingerprint density at radius 3 is 3.06 bits per heavy atom. The maximum Gasteiger partial charge on any atom is 0.228 e. The standard InChI is InChI=1S/C11H20N4O/c1-2-15-6-4-3-5-9(15)7-11-13-10(8-12)14-16-11/h9H,2-8,12H2,1H3. The van der Waals surface area contributed by atoms with Crippen LogP contribution in [0.5, 0.6) is 0 Å². The van der Waals surface area contributed by atoms with Gasteiger partial charge in [-0.2, -0.15) is 4.98 Å². The van der Waals surface area contributed by atoms with Crippen molar-refractivity contribution in [3.63, 3.8) is 0 Å². The number of hydrogen-bond acceptors (Lipinski definition) is 5. The van der Waals surface area contributed by atoms with Gasteiger partial charge in [-0.15, -0.1) is 0 Å². The summed E-state index contributed by atoms with van der Waals surface area (Å²) in [4.78, 5) is 6.76. The molecule has 1 unspecified atom stereocenters. The Hall–Kier alpha value is -0.940. The van der Waals surface area contributed by atoms with Crippen molar-refractivity contribution in [1.29, 1.82) is 0 Å². The van der Waals surface area contributed by atoms with Crippen LogP contribution in [0.1, 0.15) is 37.9 Å². The molecule has 1 fully saturated rings. The van der Waals surface area contributed by atoms with E-state index < -0.39 is 0 Å². The first kappa shape index (κ1) is 11.5. The third-order valence-electron chi connectivity index (χ3n) is 3.26. The Balaban J connectivity index is 1.96. The Kier molecular flexibility index (Phi) is 3.90. The van der Waals surface area contributed by atoms with E-state index in [0.717, 1.165) is 18.9 Å². The first-order valence-corrected chi connectivity index (χ1v) is 6.09. The molecule has 2 heterocycles. The maximum absolute atomic E-state index is 5.45. The van der Waals surface area contributed by atoms with Gasteiger partial charge in [-0.25, -0.2) is 0 Å². The lowest BCUT2D eigenvalue weighted by atomic mass is 9.99. The second kappa shape index (κ2) is 5.41. The number of likely N-dealkylation sites (N-methyl/N-ethyl adjacent to an activating group) is 1. The minimum atomic E-state index is 0.353. The molecule has 1 atom stereocenters. The highest BCUT2D eigenvalue weighted by Gasteiger charge is 2.23. The summed E-state index contributed by atoms with van der Waals surface area (Å²) in [6.45, 7) is 4.85. The van der Waals surface area contributed by atoms with Crippen molar-refractivity contribution in [2.24, 2.45) is 5.73 Å². The molecule has 5 nitrogen and oxygen atoms in total. The summed E-state index contributed by atoms with van der Waals surface area (Å²) in [5.41, 5.74) is 5.45. The number of aromatic nitrogens is 2. The van der Waals surface area contributed by atoms with E-state index in [1.807, 2.05) is 0 Å². The largest absolute Gasteiger partial charge is 0.339 e. The van der Waals surface area contributed by atoms with Gasteiger partial charge in [-0.1, -0.05) is 18.5 Å². The molecule has 0 amide bonds. The van der Waals surface area contributed by atoms with Gasteiger partial charge in [0.1, 0.15) is 0 Å². The maximum atomic E-state index is 5.45. The third-order valence-corrected chi connectivity index (χ3v) is 3.26. The van der Waals surface area contributed by atoms with E-state index in [2.05, 4.69) is 22.0 Å². The Labute approximate surface area is 96.0 Å². The zero-order valence-electron chi connectivity index (χ0n) is 9.85. The van der Waals surface area contributed by atoms with Gasteiger partial charge in [0.15, 0.2) is 5.82 Å². The number of likely N-dealkylation sites (tertiary alicyclic amines) is 1. The lowest BCUT2D eigenvalue weighted by Gasteiger charge is -2.33. The average Bonchev–Trinajstić information content (AvgIpc) is 2.77. The Bertz CT molecular complexity index is 326. The van der Waals surface area contributed by atoms with Crippen LogP contribution in [0.2, 0.25) is 0 Å².